The third-order valence-corrected chi connectivity index (χ3v) is 5.25. The van der Waals surface area contributed by atoms with Gasteiger partial charge in [-0.15, -0.1) is 0 Å². The highest BCUT2D eigenvalue weighted by Gasteiger charge is 2.18. The molecule has 0 fully saturated rings. The van der Waals surface area contributed by atoms with Gasteiger partial charge in [-0.2, -0.15) is 0 Å². The Balaban J connectivity index is 1.97. The molecule has 4 nitrogen and oxygen atoms in total. The summed E-state index contributed by atoms with van der Waals surface area (Å²) in [5, 5.41) is 0. The predicted molar refractivity (Wildman–Crippen MR) is 123 cm³/mol. The number of phosphoric ester groups is 1. The van der Waals surface area contributed by atoms with Crippen molar-refractivity contribution in [3.8, 4) is 5.75 Å². The first-order valence-electron chi connectivity index (χ1n) is 9.77. The second kappa shape index (κ2) is 9.15. The predicted octanol–water partition coefficient (Wildman–Crippen LogP) is 6.17. The molecule has 2 N–H and O–H groups in total. The third-order valence-electron chi connectivity index (χ3n) is 4.80. The lowest BCUT2D eigenvalue weighted by Crippen LogP contribution is -1.97. The smallest absolute Gasteiger partial charge is 0.404 e. The maximum Gasteiger partial charge on any atom is 0.524 e. The van der Waals surface area contributed by atoms with E-state index >= 15 is 0 Å². The van der Waals surface area contributed by atoms with Crippen LogP contribution in [0.1, 0.15) is 22.3 Å². The van der Waals surface area contributed by atoms with Crippen molar-refractivity contribution in [1.82, 2.24) is 0 Å². The normalized spacial score (nSPS) is 11.0. The lowest BCUT2D eigenvalue weighted by atomic mass is 9.86. The fraction of sp³-hybridized carbons (Fsp3) is 0. The summed E-state index contributed by atoms with van der Waals surface area (Å²) in [6, 6.07) is 37.2. The van der Waals surface area contributed by atoms with Crippen LogP contribution in [0.2, 0.25) is 0 Å². The molecule has 5 heteroatoms. The average molecular weight is 428 g/mol. The van der Waals surface area contributed by atoms with E-state index in [1.807, 2.05) is 66.7 Å². The number of phosphoric acid groups is 1. The molecule has 4 rings (SSSR count). The Kier molecular flexibility index (Phi) is 6.15. The first-order valence-corrected chi connectivity index (χ1v) is 11.3. The zero-order valence-corrected chi connectivity index (χ0v) is 17.5. The van der Waals surface area contributed by atoms with Gasteiger partial charge in [0.05, 0.1) is 0 Å². The van der Waals surface area contributed by atoms with Gasteiger partial charge in [0, 0.05) is 0 Å². The molecule has 0 atom stereocenters. The highest BCUT2D eigenvalue weighted by Crippen LogP contribution is 2.40. The Labute approximate surface area is 181 Å². The van der Waals surface area contributed by atoms with Gasteiger partial charge >= 0.3 is 7.82 Å². The molecular weight excluding hydrogens is 407 g/mol. The Bertz CT molecular complexity index is 1170. The summed E-state index contributed by atoms with van der Waals surface area (Å²) in [6.45, 7) is 0. The fourth-order valence-electron chi connectivity index (χ4n) is 3.54. The van der Waals surface area contributed by atoms with E-state index in [1.54, 1.807) is 12.1 Å². The van der Waals surface area contributed by atoms with E-state index in [2.05, 4.69) is 36.4 Å². The van der Waals surface area contributed by atoms with E-state index in [0.29, 0.717) is 0 Å². The minimum absolute atomic E-state index is 0.116. The summed E-state index contributed by atoms with van der Waals surface area (Å²) in [5.74, 6) is 0.116. The molecule has 0 saturated carbocycles. The van der Waals surface area contributed by atoms with Crippen molar-refractivity contribution in [2.45, 2.75) is 0 Å². The van der Waals surface area contributed by atoms with E-state index in [-0.39, 0.29) is 5.75 Å². The first-order chi connectivity index (χ1) is 15.0. The van der Waals surface area contributed by atoms with Gasteiger partial charge in [0.25, 0.3) is 0 Å². The van der Waals surface area contributed by atoms with Crippen LogP contribution in [0.5, 0.6) is 5.75 Å². The molecule has 0 unspecified atom stereocenters. The van der Waals surface area contributed by atoms with Gasteiger partial charge in [-0.3, -0.25) is 9.79 Å². The van der Waals surface area contributed by atoms with Crippen molar-refractivity contribution >= 4 is 19.0 Å². The summed E-state index contributed by atoms with van der Waals surface area (Å²) in [6.07, 6.45) is 0. The van der Waals surface area contributed by atoms with E-state index in [4.69, 9.17) is 14.3 Å². The van der Waals surface area contributed by atoms with Crippen molar-refractivity contribution in [2.75, 3.05) is 0 Å². The number of benzene rings is 4. The van der Waals surface area contributed by atoms with Gasteiger partial charge in [0.1, 0.15) is 5.75 Å². The number of hydrogen-bond acceptors (Lipinski definition) is 2. The molecule has 0 radical (unpaired) electrons. The van der Waals surface area contributed by atoms with Crippen LogP contribution in [0.15, 0.2) is 115 Å². The molecule has 0 aromatic heterocycles. The van der Waals surface area contributed by atoms with Gasteiger partial charge < -0.3 is 4.52 Å². The largest absolute Gasteiger partial charge is 0.524 e. The van der Waals surface area contributed by atoms with Crippen LogP contribution < -0.4 is 4.52 Å². The summed E-state index contributed by atoms with van der Waals surface area (Å²) < 4.78 is 15.9. The third kappa shape index (κ3) is 5.19. The Morgan fingerprint density at radius 2 is 0.839 bits per heavy atom. The zero-order valence-electron chi connectivity index (χ0n) is 16.6. The molecule has 0 aliphatic rings. The van der Waals surface area contributed by atoms with Crippen molar-refractivity contribution < 1.29 is 18.9 Å². The average Bonchev–Trinajstić information content (AvgIpc) is 2.79. The van der Waals surface area contributed by atoms with Gasteiger partial charge in [-0.25, -0.2) is 4.57 Å². The molecule has 0 saturated heterocycles. The van der Waals surface area contributed by atoms with Gasteiger partial charge in [0.2, 0.25) is 0 Å². The molecule has 0 bridgehead atoms. The first kappa shape index (κ1) is 20.8. The maximum absolute atomic E-state index is 11.2. The monoisotopic (exact) mass is 428 g/mol. The molecule has 0 amide bonds. The van der Waals surface area contributed by atoms with Gasteiger partial charge in [0.15, 0.2) is 0 Å². The fourth-order valence-corrected chi connectivity index (χ4v) is 3.94. The van der Waals surface area contributed by atoms with Crippen molar-refractivity contribution in [1.29, 1.82) is 0 Å². The van der Waals surface area contributed by atoms with Crippen molar-refractivity contribution in [3.05, 3.63) is 138 Å². The molecule has 0 aliphatic carbocycles. The maximum atomic E-state index is 11.2. The molecule has 31 heavy (non-hydrogen) atoms. The molecule has 0 spiro atoms. The van der Waals surface area contributed by atoms with E-state index in [0.717, 1.165) is 33.4 Å². The Morgan fingerprint density at radius 1 is 0.516 bits per heavy atom. The molecule has 4 aromatic carbocycles. The second-order valence-electron chi connectivity index (χ2n) is 6.95. The molecule has 4 aromatic rings. The highest BCUT2D eigenvalue weighted by atomic mass is 31.2. The van der Waals surface area contributed by atoms with Crippen LogP contribution >= 0.6 is 7.82 Å². The standard InChI is InChI=1S/C26H21O4P/c27-31(28,29)30-24-18-16-23(17-19-24)26(22-14-8-3-9-15-22)25(20-10-4-1-5-11-20)21-12-6-2-7-13-21/h1-19H,(H2,27,28,29). The van der Waals surface area contributed by atoms with Crippen molar-refractivity contribution in [2.24, 2.45) is 0 Å². The molecule has 154 valence electrons. The lowest BCUT2D eigenvalue weighted by Gasteiger charge is -2.18. The van der Waals surface area contributed by atoms with E-state index < -0.39 is 7.82 Å². The van der Waals surface area contributed by atoms with Crippen LogP contribution in [0.3, 0.4) is 0 Å². The number of rotatable bonds is 6. The topological polar surface area (TPSA) is 66.8 Å². The lowest BCUT2D eigenvalue weighted by molar-refractivity contribution is 0.283. The van der Waals surface area contributed by atoms with E-state index in [9.17, 15) is 4.57 Å². The van der Waals surface area contributed by atoms with E-state index in [1.165, 1.54) is 0 Å². The molecular formula is C26H21O4P. The Hall–Kier alpha value is -3.43. The zero-order chi connectivity index (χ0) is 21.7. The molecule has 0 aliphatic heterocycles. The summed E-state index contributed by atoms with van der Waals surface area (Å²) >= 11 is 0. The minimum Gasteiger partial charge on any atom is -0.404 e. The van der Waals surface area contributed by atoms with Gasteiger partial charge in [-0.05, 0) is 45.5 Å². The summed E-state index contributed by atoms with van der Waals surface area (Å²) in [5.41, 5.74) is 6.17. The Morgan fingerprint density at radius 3 is 1.16 bits per heavy atom. The van der Waals surface area contributed by atoms with Crippen LogP contribution in [0.25, 0.3) is 11.1 Å². The highest BCUT2D eigenvalue weighted by molar-refractivity contribution is 7.46. The summed E-state index contributed by atoms with van der Waals surface area (Å²) in [4.78, 5) is 18.2. The van der Waals surface area contributed by atoms with Crippen LogP contribution in [0, 0.1) is 0 Å². The number of hydrogen-bond donors (Lipinski definition) is 2. The van der Waals surface area contributed by atoms with Crippen molar-refractivity contribution in [3.63, 3.8) is 0 Å². The van der Waals surface area contributed by atoms with Gasteiger partial charge in [-0.1, -0.05) is 103 Å². The second-order valence-corrected chi connectivity index (χ2v) is 8.12. The minimum atomic E-state index is -4.61. The quantitative estimate of drug-likeness (QED) is 0.285. The molecule has 0 heterocycles. The SMILES string of the molecule is O=P(O)(O)Oc1ccc(C(=C(c2ccccc2)c2ccccc2)c2ccccc2)cc1. The van der Waals surface area contributed by atoms with Crippen LogP contribution in [-0.2, 0) is 4.57 Å². The summed E-state index contributed by atoms with van der Waals surface area (Å²) in [7, 11) is -4.61. The van der Waals surface area contributed by atoms with Crippen LogP contribution in [0.4, 0.5) is 0 Å². The van der Waals surface area contributed by atoms with Crippen LogP contribution in [-0.4, -0.2) is 9.79 Å².